The van der Waals surface area contributed by atoms with Crippen molar-refractivity contribution in [1.82, 2.24) is 0 Å². The van der Waals surface area contributed by atoms with Gasteiger partial charge in [-0.25, -0.2) is 9.59 Å². The highest BCUT2D eigenvalue weighted by Crippen LogP contribution is 2.43. The van der Waals surface area contributed by atoms with Crippen molar-refractivity contribution in [3.8, 4) is 0 Å². The molecule has 0 radical (unpaired) electrons. The lowest BCUT2D eigenvalue weighted by Gasteiger charge is -2.31. The molecule has 4 nitrogen and oxygen atoms in total. The zero-order chi connectivity index (χ0) is 14.6. The van der Waals surface area contributed by atoms with Crippen LogP contribution < -0.4 is 0 Å². The highest BCUT2D eigenvalue weighted by molar-refractivity contribution is 5.74. The Balaban J connectivity index is 2.40. The molecule has 100 valence electrons. The van der Waals surface area contributed by atoms with E-state index in [1.807, 2.05) is 24.3 Å². The fraction of sp³-hybridized carbons (Fsp3) is 0.250. The zero-order valence-electron chi connectivity index (χ0n) is 11.4. The van der Waals surface area contributed by atoms with Gasteiger partial charge < -0.3 is 0 Å². The molecular weight excluding hydrogens is 252 g/mol. The summed E-state index contributed by atoms with van der Waals surface area (Å²) in [7, 11) is 0. The van der Waals surface area contributed by atoms with Gasteiger partial charge >= 0.3 is 0 Å². The Hall–Kier alpha value is -2.54. The van der Waals surface area contributed by atoms with Crippen molar-refractivity contribution in [3.63, 3.8) is 0 Å². The van der Waals surface area contributed by atoms with Crippen LogP contribution >= 0.6 is 0 Å². The lowest BCUT2D eigenvalue weighted by atomic mass is 9.74. The van der Waals surface area contributed by atoms with Crippen molar-refractivity contribution in [3.05, 3.63) is 47.7 Å². The van der Waals surface area contributed by atoms with E-state index in [2.05, 4.69) is 23.8 Å². The van der Waals surface area contributed by atoms with Crippen LogP contribution in [0.2, 0.25) is 0 Å². The molecule has 1 aromatic rings. The summed E-state index contributed by atoms with van der Waals surface area (Å²) in [6, 6.07) is 7.40. The van der Waals surface area contributed by atoms with Gasteiger partial charge in [-0.15, -0.1) is 0 Å². The van der Waals surface area contributed by atoms with Crippen LogP contribution in [0, 0.1) is 5.41 Å². The molecule has 0 spiro atoms. The van der Waals surface area contributed by atoms with Crippen LogP contribution in [0.1, 0.15) is 25.8 Å². The summed E-state index contributed by atoms with van der Waals surface area (Å²) in [6.07, 6.45) is 7.59. The van der Waals surface area contributed by atoms with Crippen molar-refractivity contribution >= 4 is 23.4 Å². The maximum Gasteiger partial charge on any atom is 0.240 e. The molecule has 0 amide bonds. The summed E-state index contributed by atoms with van der Waals surface area (Å²) in [6.45, 7) is 4.20. The molecule has 0 aliphatic heterocycles. The van der Waals surface area contributed by atoms with E-state index in [0.29, 0.717) is 12.1 Å². The molecule has 0 bridgehead atoms. The number of hydrogen-bond donors (Lipinski definition) is 0. The second kappa shape index (κ2) is 5.62. The van der Waals surface area contributed by atoms with Gasteiger partial charge in [0.1, 0.15) is 0 Å². The van der Waals surface area contributed by atoms with E-state index in [1.165, 1.54) is 6.08 Å². The molecule has 0 fully saturated rings. The van der Waals surface area contributed by atoms with Crippen LogP contribution in [0.5, 0.6) is 0 Å². The molecule has 0 heterocycles. The number of rotatable bonds is 3. The molecule has 0 aromatic heterocycles. The van der Waals surface area contributed by atoms with Gasteiger partial charge in [-0.1, -0.05) is 32.1 Å². The van der Waals surface area contributed by atoms with Gasteiger partial charge in [0.05, 0.1) is 11.4 Å². The highest BCUT2D eigenvalue weighted by Gasteiger charge is 2.28. The average Bonchev–Trinajstić information content (AvgIpc) is 2.40. The van der Waals surface area contributed by atoms with E-state index >= 15 is 0 Å². The number of nitrogens with zero attached hydrogens (tertiary/aromatic N) is 2. The first-order chi connectivity index (χ1) is 9.56. The van der Waals surface area contributed by atoms with E-state index in [4.69, 9.17) is 0 Å². The van der Waals surface area contributed by atoms with Crippen molar-refractivity contribution < 1.29 is 9.59 Å². The summed E-state index contributed by atoms with van der Waals surface area (Å²) >= 11 is 0. The third kappa shape index (κ3) is 2.89. The number of benzene rings is 1. The topological polar surface area (TPSA) is 58.9 Å². The molecular formula is C16H14N2O2. The molecule has 4 heteroatoms. The standard InChI is InChI=1S/C16H14N2O2/c1-16(2)9-14(18-11-20)7-8-15(16)12-3-5-13(6-4-12)17-10-19/h3-8H,9H2,1-2H3. The fourth-order valence-corrected chi connectivity index (χ4v) is 2.40. The lowest BCUT2D eigenvalue weighted by Crippen LogP contribution is -2.17. The molecule has 0 saturated heterocycles. The Morgan fingerprint density at radius 2 is 1.65 bits per heavy atom. The Morgan fingerprint density at radius 3 is 2.20 bits per heavy atom. The van der Waals surface area contributed by atoms with E-state index in [0.717, 1.165) is 16.8 Å². The van der Waals surface area contributed by atoms with Crippen LogP contribution in [-0.4, -0.2) is 12.2 Å². The largest absolute Gasteiger partial charge is 0.240 e. The smallest absolute Gasteiger partial charge is 0.211 e. The fourth-order valence-electron chi connectivity index (χ4n) is 2.40. The number of aliphatic imine (C=N–C) groups is 2. The molecule has 0 saturated carbocycles. The van der Waals surface area contributed by atoms with Gasteiger partial charge in [0.25, 0.3) is 0 Å². The van der Waals surface area contributed by atoms with Gasteiger partial charge in [0.15, 0.2) is 0 Å². The molecule has 1 aromatic carbocycles. The first-order valence-corrected chi connectivity index (χ1v) is 6.24. The molecule has 2 rings (SSSR count). The van der Waals surface area contributed by atoms with Gasteiger partial charge in [-0.05, 0) is 41.2 Å². The first-order valence-electron chi connectivity index (χ1n) is 6.24. The quantitative estimate of drug-likeness (QED) is 0.618. The lowest BCUT2D eigenvalue weighted by molar-refractivity contribution is 0.487. The molecule has 1 aliphatic carbocycles. The van der Waals surface area contributed by atoms with Gasteiger partial charge in [-0.2, -0.15) is 9.98 Å². The van der Waals surface area contributed by atoms with E-state index in [1.54, 1.807) is 18.2 Å². The summed E-state index contributed by atoms with van der Waals surface area (Å²) in [4.78, 5) is 27.8. The summed E-state index contributed by atoms with van der Waals surface area (Å²) in [5, 5.41) is 0. The number of allylic oxidation sites excluding steroid dienone is 4. The predicted molar refractivity (Wildman–Crippen MR) is 76.8 cm³/mol. The van der Waals surface area contributed by atoms with Gasteiger partial charge in [0, 0.05) is 0 Å². The maximum absolute atomic E-state index is 10.3. The molecule has 0 unspecified atom stereocenters. The van der Waals surface area contributed by atoms with Gasteiger partial charge in [-0.3, -0.25) is 0 Å². The number of carbonyl (C=O) groups excluding carboxylic acids is 2. The van der Waals surface area contributed by atoms with Crippen molar-refractivity contribution in [2.75, 3.05) is 0 Å². The number of hydrogen-bond acceptors (Lipinski definition) is 4. The normalized spacial score (nSPS) is 16.3. The average molecular weight is 266 g/mol. The Kier molecular flexibility index (Phi) is 3.90. The summed E-state index contributed by atoms with van der Waals surface area (Å²) < 4.78 is 0. The molecule has 1 aliphatic rings. The maximum atomic E-state index is 10.3. The van der Waals surface area contributed by atoms with Crippen LogP contribution in [0.3, 0.4) is 0 Å². The van der Waals surface area contributed by atoms with Crippen molar-refractivity contribution in [2.24, 2.45) is 15.4 Å². The highest BCUT2D eigenvalue weighted by atomic mass is 16.1. The second-order valence-electron chi connectivity index (χ2n) is 5.25. The van der Waals surface area contributed by atoms with Crippen LogP contribution in [0.15, 0.2) is 52.1 Å². The predicted octanol–water partition coefficient (Wildman–Crippen LogP) is 3.69. The SMILES string of the molecule is CC1(C)CC(N=C=O)=CC=C1c1ccc(N=C=O)cc1. The Morgan fingerprint density at radius 1 is 1.00 bits per heavy atom. The Labute approximate surface area is 117 Å². The molecule has 20 heavy (non-hydrogen) atoms. The third-order valence-electron chi connectivity index (χ3n) is 3.34. The first kappa shape index (κ1) is 13.9. The van der Waals surface area contributed by atoms with E-state index in [9.17, 15) is 9.59 Å². The monoisotopic (exact) mass is 266 g/mol. The minimum atomic E-state index is -0.125. The minimum absolute atomic E-state index is 0.125. The van der Waals surface area contributed by atoms with Crippen molar-refractivity contribution in [1.29, 1.82) is 0 Å². The van der Waals surface area contributed by atoms with Crippen molar-refractivity contribution in [2.45, 2.75) is 20.3 Å². The van der Waals surface area contributed by atoms with Crippen LogP contribution in [0.25, 0.3) is 5.57 Å². The number of isocyanates is 2. The summed E-state index contributed by atoms with van der Waals surface area (Å²) in [5.41, 5.74) is 3.41. The Bertz CT molecular complexity index is 669. The van der Waals surface area contributed by atoms with Crippen LogP contribution in [0.4, 0.5) is 5.69 Å². The zero-order valence-corrected chi connectivity index (χ0v) is 11.4. The van der Waals surface area contributed by atoms with Crippen LogP contribution in [-0.2, 0) is 9.59 Å². The van der Waals surface area contributed by atoms with E-state index < -0.39 is 0 Å². The van der Waals surface area contributed by atoms with Gasteiger partial charge in [0.2, 0.25) is 12.2 Å². The molecule has 0 N–H and O–H groups in total. The third-order valence-corrected chi connectivity index (χ3v) is 3.34. The molecule has 0 atom stereocenters. The second-order valence-corrected chi connectivity index (χ2v) is 5.25. The summed E-state index contributed by atoms with van der Waals surface area (Å²) in [5.74, 6) is 0. The van der Waals surface area contributed by atoms with E-state index in [-0.39, 0.29) is 5.41 Å². The minimum Gasteiger partial charge on any atom is -0.211 e.